The number of benzene rings is 5. The van der Waals surface area contributed by atoms with Gasteiger partial charge < -0.3 is 10.6 Å². The summed E-state index contributed by atoms with van der Waals surface area (Å²) in [5.41, 5.74) is 4.15. The van der Waals surface area contributed by atoms with Crippen LogP contribution in [0.5, 0.6) is 0 Å². The lowest BCUT2D eigenvalue weighted by atomic mass is 10.1. The van der Waals surface area contributed by atoms with Crippen LogP contribution >= 0.6 is 23.1 Å². The Bertz CT molecular complexity index is 1850. The van der Waals surface area contributed by atoms with Crippen LogP contribution in [0.3, 0.4) is 0 Å². The lowest BCUT2D eigenvalue weighted by Gasteiger charge is -2.17. The summed E-state index contributed by atoms with van der Waals surface area (Å²) in [6.45, 7) is 2.04. The van der Waals surface area contributed by atoms with Gasteiger partial charge in [-0.1, -0.05) is 84.1 Å². The number of aromatic nitrogens is 1. The molecule has 0 aliphatic carbocycles. The molecule has 196 valence electrons. The van der Waals surface area contributed by atoms with Crippen molar-refractivity contribution in [3.8, 4) is 0 Å². The monoisotopic (exact) mass is 559 g/mol. The van der Waals surface area contributed by atoms with Crippen molar-refractivity contribution < 1.29 is 9.59 Å². The van der Waals surface area contributed by atoms with E-state index in [0.29, 0.717) is 16.4 Å². The van der Waals surface area contributed by atoms with Crippen molar-refractivity contribution in [2.45, 2.75) is 17.1 Å². The van der Waals surface area contributed by atoms with Crippen molar-refractivity contribution >= 4 is 66.7 Å². The first-order valence-corrected chi connectivity index (χ1v) is 14.5. The van der Waals surface area contributed by atoms with Gasteiger partial charge >= 0.3 is 0 Å². The van der Waals surface area contributed by atoms with E-state index in [1.54, 1.807) is 0 Å². The highest BCUT2D eigenvalue weighted by molar-refractivity contribution is 8.00. The molecule has 1 atom stereocenters. The van der Waals surface area contributed by atoms with E-state index in [2.05, 4.69) is 21.7 Å². The summed E-state index contributed by atoms with van der Waals surface area (Å²) in [7, 11) is 0. The summed E-state index contributed by atoms with van der Waals surface area (Å²) in [4.78, 5) is 32.1. The Morgan fingerprint density at radius 3 is 2.42 bits per heavy atom. The molecule has 0 saturated heterocycles. The van der Waals surface area contributed by atoms with Gasteiger partial charge in [-0.15, -0.1) is 11.8 Å². The van der Waals surface area contributed by atoms with Crippen LogP contribution in [0, 0.1) is 6.92 Å². The van der Waals surface area contributed by atoms with E-state index in [4.69, 9.17) is 0 Å². The summed E-state index contributed by atoms with van der Waals surface area (Å²) in [5.74, 6) is -0.339. The zero-order chi connectivity index (χ0) is 27.5. The average molecular weight is 560 g/mol. The molecule has 0 saturated carbocycles. The van der Waals surface area contributed by atoms with Crippen molar-refractivity contribution in [2.24, 2.45) is 0 Å². The number of amides is 2. The summed E-state index contributed by atoms with van der Waals surface area (Å²) < 4.78 is 1.04. The van der Waals surface area contributed by atoms with Crippen molar-refractivity contribution in [2.75, 3.05) is 10.6 Å². The Kier molecular flexibility index (Phi) is 7.31. The molecule has 2 N–H and O–H groups in total. The second-order valence-electron chi connectivity index (χ2n) is 9.43. The molecule has 0 spiro atoms. The van der Waals surface area contributed by atoms with E-state index in [1.807, 2.05) is 116 Å². The average Bonchev–Trinajstić information content (AvgIpc) is 3.37. The van der Waals surface area contributed by atoms with Gasteiger partial charge in [0.2, 0.25) is 5.91 Å². The summed E-state index contributed by atoms with van der Waals surface area (Å²) in [6.07, 6.45) is 0. The first-order chi connectivity index (χ1) is 19.5. The predicted octanol–water partition coefficient (Wildman–Crippen LogP) is 8.48. The van der Waals surface area contributed by atoms with E-state index in [0.717, 1.165) is 37.0 Å². The van der Waals surface area contributed by atoms with Gasteiger partial charge in [-0.05, 0) is 71.3 Å². The number of thioether (sulfide) groups is 1. The second kappa shape index (κ2) is 11.3. The molecule has 0 radical (unpaired) electrons. The first-order valence-electron chi connectivity index (χ1n) is 12.8. The number of fused-ring (bicyclic) bond motifs is 2. The highest BCUT2D eigenvalue weighted by Crippen LogP contribution is 2.38. The van der Waals surface area contributed by atoms with Gasteiger partial charge in [-0.3, -0.25) is 9.59 Å². The third-order valence-electron chi connectivity index (χ3n) is 6.47. The first kappa shape index (κ1) is 25.8. The van der Waals surface area contributed by atoms with Gasteiger partial charge in [0.05, 0.1) is 10.2 Å². The zero-order valence-corrected chi connectivity index (χ0v) is 23.3. The molecular weight excluding hydrogens is 535 g/mol. The number of thiazole rings is 1. The van der Waals surface area contributed by atoms with Gasteiger partial charge in [-0.25, -0.2) is 4.98 Å². The van der Waals surface area contributed by atoms with Crippen molar-refractivity contribution in [1.29, 1.82) is 0 Å². The molecule has 0 fully saturated rings. The maximum absolute atomic E-state index is 13.6. The smallest absolute Gasteiger partial charge is 0.255 e. The van der Waals surface area contributed by atoms with Crippen LogP contribution in [-0.2, 0) is 4.79 Å². The van der Waals surface area contributed by atoms with E-state index in [1.165, 1.54) is 23.1 Å². The minimum Gasteiger partial charge on any atom is -0.322 e. The topological polar surface area (TPSA) is 71.1 Å². The standard InChI is InChI=1S/C33H25N3O2S2/c1-21-14-17-28-29(18-21)40-33(35-28)36-32(38)30(23-9-3-2-4-10-23)39-27-13-7-12-26(20-27)34-31(37)25-16-15-22-8-5-6-11-24(22)19-25/h2-20,30H,1H3,(H,34,37)(H,35,36,38). The number of nitrogens with zero attached hydrogens (tertiary/aromatic N) is 1. The lowest BCUT2D eigenvalue weighted by molar-refractivity contribution is -0.115. The van der Waals surface area contributed by atoms with Crippen LogP contribution in [0.4, 0.5) is 10.8 Å². The van der Waals surface area contributed by atoms with E-state index in [9.17, 15) is 9.59 Å². The molecule has 1 heterocycles. The summed E-state index contributed by atoms with van der Waals surface area (Å²) >= 11 is 2.90. The van der Waals surface area contributed by atoms with Crippen molar-refractivity contribution in [3.05, 3.63) is 132 Å². The minimum atomic E-state index is -0.513. The van der Waals surface area contributed by atoms with E-state index < -0.39 is 5.25 Å². The van der Waals surface area contributed by atoms with Gasteiger partial charge in [-0.2, -0.15) is 0 Å². The summed E-state index contributed by atoms with van der Waals surface area (Å²) in [6, 6.07) is 36.9. The molecule has 0 aliphatic rings. The molecular formula is C33H25N3O2S2. The predicted molar refractivity (Wildman–Crippen MR) is 166 cm³/mol. The fourth-order valence-corrected chi connectivity index (χ4v) is 6.52. The molecule has 2 amide bonds. The fourth-order valence-electron chi connectivity index (χ4n) is 4.47. The van der Waals surface area contributed by atoms with Crippen LogP contribution < -0.4 is 10.6 Å². The van der Waals surface area contributed by atoms with E-state index >= 15 is 0 Å². The molecule has 5 nitrogen and oxygen atoms in total. The molecule has 6 rings (SSSR count). The Balaban J connectivity index is 1.22. The number of anilines is 2. The Morgan fingerprint density at radius 2 is 1.57 bits per heavy atom. The third kappa shape index (κ3) is 5.76. The quantitative estimate of drug-likeness (QED) is 0.192. The lowest BCUT2D eigenvalue weighted by Crippen LogP contribution is -2.19. The molecule has 1 aromatic heterocycles. The van der Waals surface area contributed by atoms with Crippen LogP contribution in [-0.4, -0.2) is 16.8 Å². The van der Waals surface area contributed by atoms with E-state index in [-0.39, 0.29) is 11.8 Å². The normalized spacial score (nSPS) is 11.8. The molecule has 5 aromatic carbocycles. The molecule has 40 heavy (non-hydrogen) atoms. The number of rotatable bonds is 7. The Labute approximate surface area is 240 Å². The van der Waals surface area contributed by atoms with Gasteiger partial charge in [0.25, 0.3) is 5.91 Å². The minimum absolute atomic E-state index is 0.155. The third-order valence-corrected chi connectivity index (χ3v) is 8.65. The van der Waals surface area contributed by atoms with Crippen molar-refractivity contribution in [1.82, 2.24) is 4.98 Å². The Morgan fingerprint density at radius 1 is 0.775 bits per heavy atom. The maximum Gasteiger partial charge on any atom is 0.255 e. The fraction of sp³-hybridized carbons (Fsp3) is 0.0606. The van der Waals surface area contributed by atoms with Gasteiger partial charge in [0.1, 0.15) is 5.25 Å². The molecule has 6 aromatic rings. The number of carbonyl (C=O) groups is 2. The van der Waals surface area contributed by atoms with Gasteiger partial charge in [0.15, 0.2) is 5.13 Å². The second-order valence-corrected chi connectivity index (χ2v) is 11.6. The number of hydrogen-bond acceptors (Lipinski definition) is 5. The van der Waals surface area contributed by atoms with Crippen LogP contribution in [0.15, 0.2) is 120 Å². The number of carbonyl (C=O) groups excluding carboxylic acids is 2. The van der Waals surface area contributed by atoms with Crippen LogP contribution in [0.25, 0.3) is 21.0 Å². The largest absolute Gasteiger partial charge is 0.322 e. The van der Waals surface area contributed by atoms with Gasteiger partial charge in [0, 0.05) is 16.1 Å². The molecule has 0 aliphatic heterocycles. The zero-order valence-electron chi connectivity index (χ0n) is 21.6. The highest BCUT2D eigenvalue weighted by Gasteiger charge is 2.23. The van der Waals surface area contributed by atoms with Crippen LogP contribution in [0.1, 0.15) is 26.7 Å². The van der Waals surface area contributed by atoms with Crippen molar-refractivity contribution in [3.63, 3.8) is 0 Å². The van der Waals surface area contributed by atoms with Crippen LogP contribution in [0.2, 0.25) is 0 Å². The SMILES string of the molecule is Cc1ccc2nc(NC(=O)C(Sc3cccc(NC(=O)c4ccc5ccccc5c4)c3)c3ccccc3)sc2c1. The highest BCUT2D eigenvalue weighted by atomic mass is 32.2. The maximum atomic E-state index is 13.6. The Hall–Kier alpha value is -4.46. The molecule has 0 bridgehead atoms. The number of aryl methyl sites for hydroxylation is 1. The number of hydrogen-bond donors (Lipinski definition) is 2. The molecule has 1 unspecified atom stereocenters. The summed E-state index contributed by atoms with van der Waals surface area (Å²) in [5, 5.41) is 8.19. The molecule has 7 heteroatoms. The number of nitrogens with one attached hydrogen (secondary N) is 2.